The van der Waals surface area contributed by atoms with Crippen molar-refractivity contribution in [3.63, 3.8) is 0 Å². The molecule has 0 aliphatic carbocycles. The number of nitrogens with zero attached hydrogens (tertiary/aromatic N) is 3. The maximum absolute atomic E-state index is 13.4. The third-order valence-electron chi connectivity index (χ3n) is 2.87. The lowest BCUT2D eigenvalue weighted by Gasteiger charge is -2.32. The normalized spacial score (nSPS) is 17.2. The molecule has 17 heavy (non-hydrogen) atoms. The van der Waals surface area contributed by atoms with Crippen molar-refractivity contribution in [2.24, 2.45) is 0 Å². The zero-order valence-corrected chi connectivity index (χ0v) is 9.49. The Morgan fingerprint density at radius 1 is 1.29 bits per heavy atom. The Morgan fingerprint density at radius 2 is 1.94 bits per heavy atom. The summed E-state index contributed by atoms with van der Waals surface area (Å²) in [6.07, 6.45) is 1.10. The van der Waals surface area contributed by atoms with Gasteiger partial charge in [-0.3, -0.25) is 4.79 Å². The molecule has 1 aromatic heterocycles. The molecule has 6 heteroatoms. The molecule has 0 aromatic carbocycles. The lowest BCUT2D eigenvalue weighted by molar-refractivity contribution is 0.0658. The summed E-state index contributed by atoms with van der Waals surface area (Å²) in [6.45, 7) is 2.53. The van der Waals surface area contributed by atoms with Gasteiger partial charge in [0.05, 0.1) is 5.56 Å². The van der Waals surface area contributed by atoms with Gasteiger partial charge in [-0.1, -0.05) is 0 Å². The largest absolute Gasteiger partial charge is 0.336 e. The maximum Gasteiger partial charge on any atom is 0.257 e. The van der Waals surface area contributed by atoms with Gasteiger partial charge in [-0.05, 0) is 13.1 Å². The minimum Gasteiger partial charge on any atom is -0.336 e. The number of pyridine rings is 1. The molecule has 1 saturated heterocycles. The van der Waals surface area contributed by atoms with Crippen LogP contribution in [-0.4, -0.2) is 53.9 Å². The number of carbonyl (C=O) groups excluding carboxylic acids is 1. The molecule has 4 nitrogen and oxygen atoms in total. The molecule has 0 atom stereocenters. The van der Waals surface area contributed by atoms with Gasteiger partial charge in [-0.2, -0.15) is 4.39 Å². The van der Waals surface area contributed by atoms with Crippen molar-refractivity contribution < 1.29 is 13.6 Å². The first kappa shape index (κ1) is 11.9. The fraction of sp³-hybridized carbons (Fsp3) is 0.455. The first-order valence-corrected chi connectivity index (χ1v) is 5.37. The zero-order chi connectivity index (χ0) is 12.4. The average Bonchev–Trinajstić information content (AvgIpc) is 2.33. The highest BCUT2D eigenvalue weighted by molar-refractivity contribution is 5.94. The van der Waals surface area contributed by atoms with Gasteiger partial charge in [0.2, 0.25) is 5.95 Å². The van der Waals surface area contributed by atoms with E-state index in [1.54, 1.807) is 0 Å². The molecule has 1 aromatic rings. The Balaban J connectivity index is 2.17. The molecule has 92 valence electrons. The van der Waals surface area contributed by atoms with Crippen molar-refractivity contribution in [2.75, 3.05) is 33.2 Å². The highest BCUT2D eigenvalue weighted by Crippen LogP contribution is 2.13. The van der Waals surface area contributed by atoms with Crippen LogP contribution in [0.25, 0.3) is 0 Å². The monoisotopic (exact) mass is 241 g/mol. The summed E-state index contributed by atoms with van der Waals surface area (Å²) >= 11 is 0. The van der Waals surface area contributed by atoms with E-state index in [1.165, 1.54) is 11.0 Å². The van der Waals surface area contributed by atoms with E-state index in [0.29, 0.717) is 13.1 Å². The Kier molecular flexibility index (Phi) is 3.33. The second-order valence-corrected chi connectivity index (χ2v) is 4.06. The SMILES string of the molecule is CN1CCN(C(=O)c2ccnc(F)c2F)CC1. The number of piperazine rings is 1. The highest BCUT2D eigenvalue weighted by Gasteiger charge is 2.24. The van der Waals surface area contributed by atoms with Crippen LogP contribution in [0, 0.1) is 11.8 Å². The lowest BCUT2D eigenvalue weighted by atomic mass is 10.2. The summed E-state index contributed by atoms with van der Waals surface area (Å²) in [4.78, 5) is 18.7. The van der Waals surface area contributed by atoms with Crippen LogP contribution in [0.5, 0.6) is 0 Å². The third-order valence-corrected chi connectivity index (χ3v) is 2.87. The van der Waals surface area contributed by atoms with Gasteiger partial charge in [0.1, 0.15) is 0 Å². The van der Waals surface area contributed by atoms with Crippen molar-refractivity contribution in [3.05, 3.63) is 29.6 Å². The van der Waals surface area contributed by atoms with Gasteiger partial charge in [-0.15, -0.1) is 0 Å². The Hall–Kier alpha value is -1.56. The molecule has 0 bridgehead atoms. The first-order valence-electron chi connectivity index (χ1n) is 5.37. The number of rotatable bonds is 1. The van der Waals surface area contributed by atoms with Gasteiger partial charge in [0.15, 0.2) is 5.82 Å². The van der Waals surface area contributed by atoms with Crippen molar-refractivity contribution in [3.8, 4) is 0 Å². The van der Waals surface area contributed by atoms with Crippen LogP contribution in [0.4, 0.5) is 8.78 Å². The van der Waals surface area contributed by atoms with Crippen LogP contribution in [0.15, 0.2) is 12.3 Å². The molecule has 1 aliphatic heterocycles. The molecular formula is C11H13F2N3O. The van der Waals surface area contributed by atoms with E-state index in [0.717, 1.165) is 19.3 Å². The Bertz CT molecular complexity index is 431. The molecule has 0 saturated carbocycles. The fourth-order valence-corrected chi connectivity index (χ4v) is 1.76. The standard InChI is InChI=1S/C11H13F2N3O/c1-15-4-6-16(7-5-15)11(17)8-2-3-14-10(13)9(8)12/h2-3H,4-7H2,1H3. The van der Waals surface area contributed by atoms with Gasteiger partial charge in [0, 0.05) is 32.4 Å². The van der Waals surface area contributed by atoms with E-state index in [9.17, 15) is 13.6 Å². The minimum atomic E-state index is -1.23. The Morgan fingerprint density at radius 3 is 2.59 bits per heavy atom. The van der Waals surface area contributed by atoms with Crippen molar-refractivity contribution >= 4 is 5.91 Å². The first-order chi connectivity index (χ1) is 8.09. The Labute approximate surface area is 97.8 Å². The van der Waals surface area contributed by atoms with Gasteiger partial charge < -0.3 is 9.80 Å². The smallest absolute Gasteiger partial charge is 0.257 e. The second kappa shape index (κ2) is 4.75. The summed E-state index contributed by atoms with van der Waals surface area (Å²) in [5.74, 6) is -2.88. The second-order valence-electron chi connectivity index (χ2n) is 4.06. The van der Waals surface area contributed by atoms with E-state index in [1.807, 2.05) is 7.05 Å². The molecule has 1 fully saturated rings. The van der Waals surface area contributed by atoms with E-state index in [4.69, 9.17) is 0 Å². The van der Waals surface area contributed by atoms with Crippen molar-refractivity contribution in [1.29, 1.82) is 0 Å². The zero-order valence-electron chi connectivity index (χ0n) is 9.49. The molecule has 0 radical (unpaired) electrons. The molecule has 2 heterocycles. The van der Waals surface area contributed by atoms with E-state index < -0.39 is 17.7 Å². The van der Waals surface area contributed by atoms with Crippen molar-refractivity contribution in [1.82, 2.24) is 14.8 Å². The van der Waals surface area contributed by atoms with Gasteiger partial charge >= 0.3 is 0 Å². The summed E-state index contributed by atoms with van der Waals surface area (Å²) in [6, 6.07) is 1.21. The van der Waals surface area contributed by atoms with E-state index in [-0.39, 0.29) is 5.56 Å². The quantitative estimate of drug-likeness (QED) is 0.681. The summed E-state index contributed by atoms with van der Waals surface area (Å²) in [5.41, 5.74) is -0.248. The topological polar surface area (TPSA) is 36.4 Å². The molecule has 0 N–H and O–H groups in total. The number of hydrogen-bond acceptors (Lipinski definition) is 3. The maximum atomic E-state index is 13.4. The summed E-state index contributed by atoms with van der Waals surface area (Å²) < 4.78 is 26.3. The molecule has 2 rings (SSSR count). The number of aromatic nitrogens is 1. The summed E-state index contributed by atoms with van der Waals surface area (Å²) in [7, 11) is 1.95. The van der Waals surface area contributed by atoms with Crippen molar-refractivity contribution in [2.45, 2.75) is 0 Å². The van der Waals surface area contributed by atoms with E-state index in [2.05, 4.69) is 9.88 Å². The van der Waals surface area contributed by atoms with Gasteiger partial charge in [-0.25, -0.2) is 9.37 Å². The van der Waals surface area contributed by atoms with Crippen LogP contribution in [0.3, 0.4) is 0 Å². The number of hydrogen-bond donors (Lipinski definition) is 0. The molecule has 1 amide bonds. The van der Waals surface area contributed by atoms with Crippen LogP contribution < -0.4 is 0 Å². The average molecular weight is 241 g/mol. The lowest BCUT2D eigenvalue weighted by Crippen LogP contribution is -2.47. The molecule has 1 aliphatic rings. The third kappa shape index (κ3) is 2.41. The predicted molar refractivity (Wildman–Crippen MR) is 57.6 cm³/mol. The van der Waals surface area contributed by atoms with Crippen LogP contribution in [0.1, 0.15) is 10.4 Å². The molecule has 0 spiro atoms. The number of amides is 1. The predicted octanol–water partition coefficient (Wildman–Crippen LogP) is 0.747. The molecule has 0 unspecified atom stereocenters. The van der Waals surface area contributed by atoms with Gasteiger partial charge in [0.25, 0.3) is 5.91 Å². The van der Waals surface area contributed by atoms with Crippen LogP contribution >= 0.6 is 0 Å². The number of halogens is 2. The summed E-state index contributed by atoms with van der Waals surface area (Å²) in [5, 5.41) is 0. The number of likely N-dealkylation sites (N-methyl/N-ethyl adjacent to an activating group) is 1. The highest BCUT2D eigenvalue weighted by atomic mass is 19.2. The van der Waals surface area contributed by atoms with Crippen LogP contribution in [0.2, 0.25) is 0 Å². The van der Waals surface area contributed by atoms with Crippen LogP contribution in [-0.2, 0) is 0 Å². The number of carbonyl (C=O) groups is 1. The fourth-order valence-electron chi connectivity index (χ4n) is 1.76. The van der Waals surface area contributed by atoms with E-state index >= 15 is 0 Å². The molecular weight excluding hydrogens is 228 g/mol. The minimum absolute atomic E-state index is 0.248.